The normalized spacial score (nSPS) is 15.1. The average Bonchev–Trinajstić information content (AvgIpc) is 3.05. The van der Waals surface area contributed by atoms with Gasteiger partial charge in [-0.05, 0) is 24.6 Å². The average molecular weight is 339 g/mol. The molecular formula is C14H15BrN2OS. The molecule has 0 radical (unpaired) electrons. The van der Waals surface area contributed by atoms with Crippen LogP contribution in [0.4, 0.5) is 0 Å². The molecule has 0 amide bonds. The van der Waals surface area contributed by atoms with Crippen LogP contribution in [0.1, 0.15) is 29.1 Å². The molecule has 3 rings (SSSR count). The molecule has 3 nitrogen and oxygen atoms in total. The third-order valence-corrected chi connectivity index (χ3v) is 4.66. The Bertz CT molecular complexity index is 571. The molecule has 1 aromatic heterocycles. The summed E-state index contributed by atoms with van der Waals surface area (Å²) in [6.45, 7) is 3.72. The Morgan fingerprint density at radius 1 is 1.53 bits per heavy atom. The zero-order chi connectivity index (χ0) is 13.2. The highest BCUT2D eigenvalue weighted by Crippen LogP contribution is 2.33. The fraction of sp³-hybridized carbons (Fsp3) is 0.357. The van der Waals surface area contributed by atoms with Gasteiger partial charge >= 0.3 is 0 Å². The van der Waals surface area contributed by atoms with Crippen LogP contribution in [0.5, 0.6) is 5.75 Å². The number of benzene rings is 1. The molecule has 1 unspecified atom stereocenters. The number of rotatable bonds is 4. The van der Waals surface area contributed by atoms with Gasteiger partial charge in [-0.15, -0.1) is 11.3 Å². The lowest BCUT2D eigenvalue weighted by atomic mass is 10.1. The van der Waals surface area contributed by atoms with Gasteiger partial charge < -0.3 is 10.1 Å². The first kappa shape index (κ1) is 13.1. The van der Waals surface area contributed by atoms with Gasteiger partial charge in [0.25, 0.3) is 0 Å². The molecule has 1 aliphatic rings. The first-order valence-corrected chi connectivity index (χ1v) is 7.98. The van der Waals surface area contributed by atoms with Crippen molar-refractivity contribution in [1.82, 2.24) is 10.3 Å². The van der Waals surface area contributed by atoms with E-state index in [2.05, 4.69) is 45.3 Å². The van der Waals surface area contributed by atoms with E-state index in [4.69, 9.17) is 4.74 Å². The minimum atomic E-state index is 0.260. The zero-order valence-electron chi connectivity index (χ0n) is 10.6. The summed E-state index contributed by atoms with van der Waals surface area (Å²) in [5.74, 6) is 1.06. The van der Waals surface area contributed by atoms with Crippen LogP contribution in [0.25, 0.3) is 0 Å². The molecule has 1 N–H and O–H groups in total. The van der Waals surface area contributed by atoms with Crippen molar-refractivity contribution in [2.75, 3.05) is 6.61 Å². The van der Waals surface area contributed by atoms with Gasteiger partial charge in [0.15, 0.2) is 0 Å². The molecule has 0 aliphatic carbocycles. The smallest absolute Gasteiger partial charge is 0.127 e. The van der Waals surface area contributed by atoms with Crippen molar-refractivity contribution in [2.24, 2.45) is 0 Å². The van der Waals surface area contributed by atoms with Crippen molar-refractivity contribution in [1.29, 1.82) is 0 Å². The van der Waals surface area contributed by atoms with Crippen LogP contribution in [-0.4, -0.2) is 11.6 Å². The molecular weight excluding hydrogens is 324 g/mol. The molecule has 0 saturated heterocycles. The van der Waals surface area contributed by atoms with E-state index in [0.717, 1.165) is 34.8 Å². The SMILES string of the molecule is CC(NCc1cc(Br)cc2c1OCC2)c1nccs1. The summed E-state index contributed by atoms with van der Waals surface area (Å²) in [5.41, 5.74) is 2.51. The number of thiazole rings is 1. The minimum absolute atomic E-state index is 0.260. The van der Waals surface area contributed by atoms with E-state index >= 15 is 0 Å². The third-order valence-electron chi connectivity index (χ3n) is 3.25. The lowest BCUT2D eigenvalue weighted by Gasteiger charge is -2.14. The summed E-state index contributed by atoms with van der Waals surface area (Å²) < 4.78 is 6.85. The van der Waals surface area contributed by atoms with Crippen LogP contribution in [-0.2, 0) is 13.0 Å². The number of hydrogen-bond acceptors (Lipinski definition) is 4. The standard InChI is InChI=1S/C14H15BrN2OS/c1-9(14-16-3-5-19-14)17-8-11-7-12(15)6-10-2-4-18-13(10)11/h3,5-7,9,17H,2,4,8H2,1H3. The molecule has 0 fully saturated rings. The van der Waals surface area contributed by atoms with Crippen molar-refractivity contribution < 1.29 is 4.74 Å². The molecule has 1 aromatic carbocycles. The Kier molecular flexibility index (Phi) is 3.86. The Morgan fingerprint density at radius 3 is 3.21 bits per heavy atom. The van der Waals surface area contributed by atoms with Crippen molar-refractivity contribution >= 4 is 27.3 Å². The first-order chi connectivity index (χ1) is 9.24. The predicted octanol–water partition coefficient (Wildman–Crippen LogP) is 3.69. The second-order valence-corrected chi connectivity index (χ2v) is 6.47. The van der Waals surface area contributed by atoms with Gasteiger partial charge in [-0.3, -0.25) is 0 Å². The predicted molar refractivity (Wildman–Crippen MR) is 80.7 cm³/mol. The monoisotopic (exact) mass is 338 g/mol. The number of fused-ring (bicyclic) bond motifs is 1. The van der Waals surface area contributed by atoms with Crippen molar-refractivity contribution in [3.05, 3.63) is 44.3 Å². The molecule has 19 heavy (non-hydrogen) atoms. The Labute approximate surface area is 125 Å². The Balaban J connectivity index is 1.74. The minimum Gasteiger partial charge on any atom is -0.493 e. The van der Waals surface area contributed by atoms with Gasteiger partial charge in [0.2, 0.25) is 0 Å². The summed E-state index contributed by atoms with van der Waals surface area (Å²) in [6.07, 6.45) is 2.85. The Hall–Kier alpha value is -0.910. The van der Waals surface area contributed by atoms with Gasteiger partial charge in [-0.2, -0.15) is 0 Å². The van der Waals surface area contributed by atoms with Gasteiger partial charge in [0, 0.05) is 34.6 Å². The topological polar surface area (TPSA) is 34.1 Å². The van der Waals surface area contributed by atoms with Crippen LogP contribution in [0.2, 0.25) is 0 Å². The lowest BCUT2D eigenvalue weighted by molar-refractivity contribution is 0.351. The maximum atomic E-state index is 5.73. The lowest BCUT2D eigenvalue weighted by Crippen LogP contribution is -2.18. The number of nitrogens with zero attached hydrogens (tertiary/aromatic N) is 1. The van der Waals surface area contributed by atoms with E-state index < -0.39 is 0 Å². The second kappa shape index (κ2) is 5.61. The van der Waals surface area contributed by atoms with E-state index in [1.165, 1.54) is 11.1 Å². The van der Waals surface area contributed by atoms with Gasteiger partial charge in [-0.25, -0.2) is 4.98 Å². The van der Waals surface area contributed by atoms with Gasteiger partial charge in [-0.1, -0.05) is 15.9 Å². The highest BCUT2D eigenvalue weighted by Gasteiger charge is 2.18. The fourth-order valence-corrected chi connectivity index (χ4v) is 3.50. The number of ether oxygens (including phenoxy) is 1. The molecule has 100 valence electrons. The highest BCUT2D eigenvalue weighted by atomic mass is 79.9. The molecule has 5 heteroatoms. The van der Waals surface area contributed by atoms with Crippen LogP contribution in [0, 0.1) is 0 Å². The quantitative estimate of drug-likeness (QED) is 0.922. The summed E-state index contributed by atoms with van der Waals surface area (Å²) >= 11 is 5.25. The summed E-state index contributed by atoms with van der Waals surface area (Å²) in [7, 11) is 0. The number of nitrogens with one attached hydrogen (secondary N) is 1. The maximum Gasteiger partial charge on any atom is 0.127 e. The maximum absolute atomic E-state index is 5.73. The second-order valence-electron chi connectivity index (χ2n) is 4.62. The fourth-order valence-electron chi connectivity index (χ4n) is 2.28. The van der Waals surface area contributed by atoms with Crippen molar-refractivity contribution in [2.45, 2.75) is 25.9 Å². The van der Waals surface area contributed by atoms with E-state index in [1.807, 2.05) is 11.6 Å². The van der Waals surface area contributed by atoms with Gasteiger partial charge in [0.05, 0.1) is 12.6 Å². The number of aromatic nitrogens is 1. The van der Waals surface area contributed by atoms with E-state index in [-0.39, 0.29) is 6.04 Å². The highest BCUT2D eigenvalue weighted by molar-refractivity contribution is 9.10. The Morgan fingerprint density at radius 2 is 2.42 bits per heavy atom. The molecule has 2 heterocycles. The van der Waals surface area contributed by atoms with E-state index in [9.17, 15) is 0 Å². The molecule has 1 aliphatic heterocycles. The molecule has 0 saturated carbocycles. The molecule has 0 bridgehead atoms. The molecule has 0 spiro atoms. The largest absolute Gasteiger partial charge is 0.493 e. The van der Waals surface area contributed by atoms with E-state index in [0.29, 0.717) is 0 Å². The number of halogens is 1. The van der Waals surface area contributed by atoms with Crippen molar-refractivity contribution in [3.63, 3.8) is 0 Å². The number of hydrogen-bond donors (Lipinski definition) is 1. The first-order valence-electron chi connectivity index (χ1n) is 6.31. The molecule has 1 atom stereocenters. The van der Waals surface area contributed by atoms with Crippen LogP contribution in [0.3, 0.4) is 0 Å². The zero-order valence-corrected chi connectivity index (χ0v) is 13.1. The summed E-state index contributed by atoms with van der Waals surface area (Å²) in [6, 6.07) is 4.54. The molecule has 2 aromatic rings. The van der Waals surface area contributed by atoms with Crippen molar-refractivity contribution in [3.8, 4) is 5.75 Å². The van der Waals surface area contributed by atoms with E-state index in [1.54, 1.807) is 11.3 Å². The van der Waals surface area contributed by atoms with Crippen LogP contribution in [0.15, 0.2) is 28.2 Å². The third kappa shape index (κ3) is 2.83. The summed E-state index contributed by atoms with van der Waals surface area (Å²) in [5, 5.41) is 6.63. The summed E-state index contributed by atoms with van der Waals surface area (Å²) in [4.78, 5) is 4.33. The van der Waals surface area contributed by atoms with Crippen LogP contribution >= 0.6 is 27.3 Å². The van der Waals surface area contributed by atoms with Gasteiger partial charge in [0.1, 0.15) is 10.8 Å². The van der Waals surface area contributed by atoms with Crippen LogP contribution < -0.4 is 10.1 Å².